The molecule has 1 rings (SSSR count). The molecule has 0 saturated carbocycles. The lowest BCUT2D eigenvalue weighted by Gasteiger charge is -2.24. The van der Waals surface area contributed by atoms with Gasteiger partial charge in [0.25, 0.3) is 0 Å². The molecule has 1 unspecified atom stereocenters. The first-order chi connectivity index (χ1) is 8.62. The highest BCUT2D eigenvalue weighted by molar-refractivity contribution is 5.79. The molecule has 1 aromatic heterocycles. The molecule has 100 valence electrons. The molecule has 0 bridgehead atoms. The van der Waals surface area contributed by atoms with Gasteiger partial charge >= 0.3 is 0 Å². The molecule has 1 heterocycles. The zero-order valence-corrected chi connectivity index (χ0v) is 11.5. The van der Waals surface area contributed by atoms with Crippen molar-refractivity contribution in [2.75, 3.05) is 19.6 Å². The fourth-order valence-corrected chi connectivity index (χ4v) is 1.94. The van der Waals surface area contributed by atoms with Crippen LogP contribution in [0.1, 0.15) is 25.1 Å². The highest BCUT2D eigenvalue weighted by Gasteiger charge is 2.21. The average Bonchev–Trinajstić information content (AvgIpc) is 2.39. The first kappa shape index (κ1) is 14.6. The summed E-state index contributed by atoms with van der Waals surface area (Å²) in [4.78, 5) is 18.4. The Morgan fingerprint density at radius 1 is 1.39 bits per heavy atom. The predicted molar refractivity (Wildman–Crippen MR) is 73.2 cm³/mol. The van der Waals surface area contributed by atoms with Crippen LogP contribution in [0.2, 0.25) is 0 Å². The van der Waals surface area contributed by atoms with Gasteiger partial charge in [-0.1, -0.05) is 6.07 Å². The van der Waals surface area contributed by atoms with Crippen LogP contribution in [0, 0.1) is 12.8 Å². The molecular formula is C14H23N3O. The Balaban J connectivity index is 2.72. The minimum atomic E-state index is -0.167. The largest absolute Gasteiger partial charge is 0.343 e. The Morgan fingerprint density at radius 3 is 2.50 bits per heavy atom. The second-order valence-corrected chi connectivity index (χ2v) is 4.47. The molecule has 0 radical (unpaired) electrons. The van der Waals surface area contributed by atoms with Crippen LogP contribution in [0.3, 0.4) is 0 Å². The molecule has 0 saturated heterocycles. The molecule has 0 spiro atoms. The molecule has 1 aromatic rings. The summed E-state index contributed by atoms with van der Waals surface area (Å²) in [6, 6.07) is 3.98. The molecular weight excluding hydrogens is 226 g/mol. The van der Waals surface area contributed by atoms with Gasteiger partial charge in [0.05, 0.1) is 5.92 Å². The van der Waals surface area contributed by atoms with E-state index in [4.69, 9.17) is 5.73 Å². The Hall–Kier alpha value is -1.42. The molecule has 1 atom stereocenters. The van der Waals surface area contributed by atoms with Crippen molar-refractivity contribution in [2.24, 2.45) is 11.7 Å². The summed E-state index contributed by atoms with van der Waals surface area (Å²) in [7, 11) is 0. The van der Waals surface area contributed by atoms with Crippen LogP contribution in [-0.2, 0) is 11.2 Å². The summed E-state index contributed by atoms with van der Waals surface area (Å²) in [6.45, 7) is 7.79. The zero-order chi connectivity index (χ0) is 13.5. The number of aromatic nitrogens is 1. The van der Waals surface area contributed by atoms with Gasteiger partial charge < -0.3 is 10.6 Å². The summed E-state index contributed by atoms with van der Waals surface area (Å²) < 4.78 is 0. The molecule has 0 aliphatic heterocycles. The Labute approximate surface area is 109 Å². The van der Waals surface area contributed by atoms with Gasteiger partial charge in [-0.15, -0.1) is 0 Å². The minimum absolute atomic E-state index is 0.130. The quantitative estimate of drug-likeness (QED) is 0.828. The van der Waals surface area contributed by atoms with Gasteiger partial charge in [-0.2, -0.15) is 0 Å². The first-order valence-corrected chi connectivity index (χ1v) is 6.52. The summed E-state index contributed by atoms with van der Waals surface area (Å²) in [5.41, 5.74) is 7.77. The van der Waals surface area contributed by atoms with E-state index in [-0.39, 0.29) is 11.8 Å². The van der Waals surface area contributed by atoms with Gasteiger partial charge in [-0.3, -0.25) is 9.78 Å². The van der Waals surface area contributed by atoms with Gasteiger partial charge in [-0.25, -0.2) is 0 Å². The van der Waals surface area contributed by atoms with Crippen molar-refractivity contribution in [3.8, 4) is 0 Å². The van der Waals surface area contributed by atoms with Crippen molar-refractivity contribution in [3.05, 3.63) is 29.6 Å². The monoisotopic (exact) mass is 249 g/mol. The predicted octanol–water partition coefficient (Wildman–Crippen LogP) is 1.38. The second kappa shape index (κ2) is 7.11. The van der Waals surface area contributed by atoms with Crippen LogP contribution < -0.4 is 5.73 Å². The maximum atomic E-state index is 12.2. The van der Waals surface area contributed by atoms with E-state index in [2.05, 4.69) is 4.98 Å². The van der Waals surface area contributed by atoms with Crippen LogP contribution in [0.4, 0.5) is 0 Å². The molecule has 0 aliphatic rings. The molecule has 2 N–H and O–H groups in total. The van der Waals surface area contributed by atoms with Crippen molar-refractivity contribution >= 4 is 5.91 Å². The van der Waals surface area contributed by atoms with E-state index in [9.17, 15) is 4.79 Å². The van der Waals surface area contributed by atoms with Crippen LogP contribution in [0.5, 0.6) is 0 Å². The van der Waals surface area contributed by atoms with Gasteiger partial charge in [0.1, 0.15) is 0 Å². The number of hydrogen-bond acceptors (Lipinski definition) is 3. The van der Waals surface area contributed by atoms with Gasteiger partial charge in [0.15, 0.2) is 0 Å². The fourth-order valence-electron chi connectivity index (χ4n) is 1.94. The number of carbonyl (C=O) groups excluding carboxylic acids is 1. The lowest BCUT2D eigenvalue weighted by molar-refractivity contribution is -0.134. The SMILES string of the molecule is CCN(CC)C(=O)C(CN)Cc1ccc(C)cn1. The smallest absolute Gasteiger partial charge is 0.227 e. The van der Waals surface area contributed by atoms with Crippen LogP contribution >= 0.6 is 0 Å². The summed E-state index contributed by atoms with van der Waals surface area (Å²) in [6.07, 6.45) is 2.44. The molecule has 0 aromatic carbocycles. The molecule has 4 heteroatoms. The summed E-state index contributed by atoms with van der Waals surface area (Å²) in [5, 5.41) is 0. The highest BCUT2D eigenvalue weighted by Crippen LogP contribution is 2.10. The third kappa shape index (κ3) is 3.81. The third-order valence-electron chi connectivity index (χ3n) is 3.14. The number of pyridine rings is 1. The summed E-state index contributed by atoms with van der Waals surface area (Å²) in [5.74, 6) is -0.0371. The molecule has 18 heavy (non-hydrogen) atoms. The number of amides is 1. The third-order valence-corrected chi connectivity index (χ3v) is 3.14. The van der Waals surface area contributed by atoms with Gasteiger partial charge in [-0.05, 0) is 32.4 Å². The first-order valence-electron chi connectivity index (χ1n) is 6.52. The average molecular weight is 249 g/mol. The van der Waals surface area contributed by atoms with Gasteiger partial charge in [0.2, 0.25) is 5.91 Å². The Bertz CT molecular complexity index is 371. The number of nitrogens with two attached hydrogens (primary N) is 1. The number of carbonyl (C=O) groups is 1. The van der Waals surface area contributed by atoms with E-state index in [1.54, 1.807) is 0 Å². The standard InChI is InChI=1S/C14H23N3O/c1-4-17(5-2)14(18)12(9-15)8-13-7-6-11(3)10-16-13/h6-7,10,12H,4-5,8-9,15H2,1-3H3. The zero-order valence-electron chi connectivity index (χ0n) is 11.5. The molecule has 4 nitrogen and oxygen atoms in total. The maximum absolute atomic E-state index is 12.2. The fraction of sp³-hybridized carbons (Fsp3) is 0.571. The van der Waals surface area contributed by atoms with Crippen LogP contribution in [0.15, 0.2) is 18.3 Å². The van der Waals surface area contributed by atoms with Gasteiger partial charge in [0, 0.05) is 37.9 Å². The summed E-state index contributed by atoms with van der Waals surface area (Å²) >= 11 is 0. The van der Waals surface area contributed by atoms with Crippen molar-refractivity contribution in [1.82, 2.24) is 9.88 Å². The molecule has 0 aliphatic carbocycles. The van der Waals surface area contributed by atoms with E-state index in [1.165, 1.54) is 0 Å². The van der Waals surface area contributed by atoms with E-state index in [0.29, 0.717) is 13.0 Å². The highest BCUT2D eigenvalue weighted by atomic mass is 16.2. The normalized spacial score (nSPS) is 12.2. The van der Waals surface area contributed by atoms with Crippen LogP contribution in [0.25, 0.3) is 0 Å². The van der Waals surface area contributed by atoms with E-state index in [0.717, 1.165) is 24.3 Å². The van der Waals surface area contributed by atoms with Crippen molar-refractivity contribution in [3.63, 3.8) is 0 Å². The lowest BCUT2D eigenvalue weighted by atomic mass is 10.0. The Morgan fingerprint density at radius 2 is 2.06 bits per heavy atom. The van der Waals surface area contributed by atoms with Crippen LogP contribution in [-0.4, -0.2) is 35.4 Å². The second-order valence-electron chi connectivity index (χ2n) is 4.47. The Kier molecular flexibility index (Phi) is 5.78. The number of hydrogen-bond donors (Lipinski definition) is 1. The van der Waals surface area contributed by atoms with Crippen molar-refractivity contribution in [2.45, 2.75) is 27.2 Å². The maximum Gasteiger partial charge on any atom is 0.227 e. The lowest BCUT2D eigenvalue weighted by Crippen LogP contribution is -2.40. The van der Waals surface area contributed by atoms with Crippen molar-refractivity contribution in [1.29, 1.82) is 0 Å². The van der Waals surface area contributed by atoms with Crippen molar-refractivity contribution < 1.29 is 4.79 Å². The topological polar surface area (TPSA) is 59.2 Å². The number of nitrogens with zero attached hydrogens (tertiary/aromatic N) is 2. The minimum Gasteiger partial charge on any atom is -0.343 e. The van der Waals surface area contributed by atoms with E-state index < -0.39 is 0 Å². The van der Waals surface area contributed by atoms with E-state index in [1.807, 2.05) is 44.0 Å². The molecule has 0 fully saturated rings. The number of rotatable bonds is 6. The van der Waals surface area contributed by atoms with E-state index >= 15 is 0 Å². The molecule has 1 amide bonds. The number of aryl methyl sites for hydroxylation is 1.